The van der Waals surface area contributed by atoms with Gasteiger partial charge in [0.25, 0.3) is 0 Å². The molecule has 1 fully saturated rings. The minimum atomic E-state index is -0.471. The average Bonchev–Trinajstić information content (AvgIpc) is 3.12. The molecule has 0 aromatic carbocycles. The molecular weight excluding hydrogens is 270 g/mol. The lowest BCUT2D eigenvalue weighted by atomic mass is 9.83. The second-order valence-corrected chi connectivity index (χ2v) is 5.78. The number of nitrogens with zero attached hydrogens (tertiary/aromatic N) is 4. The Bertz CT molecular complexity index is 660. The van der Waals surface area contributed by atoms with Gasteiger partial charge in [-0.2, -0.15) is 0 Å². The molecule has 2 aromatic heterocycles. The van der Waals surface area contributed by atoms with Gasteiger partial charge in [-0.3, -0.25) is 0 Å². The summed E-state index contributed by atoms with van der Waals surface area (Å²) in [5.74, 6) is 0.544. The van der Waals surface area contributed by atoms with E-state index in [9.17, 15) is 10.1 Å². The number of rotatable bonds is 5. The van der Waals surface area contributed by atoms with Crippen molar-refractivity contribution >= 4 is 17.3 Å². The second kappa shape index (κ2) is 5.31. The molecule has 0 atom stereocenters. The van der Waals surface area contributed by atoms with E-state index in [0.717, 1.165) is 13.0 Å². The summed E-state index contributed by atoms with van der Waals surface area (Å²) in [5, 5.41) is 18.6. The Morgan fingerprint density at radius 2 is 2.19 bits per heavy atom. The molecule has 7 heteroatoms. The molecule has 0 unspecified atom stereocenters. The second-order valence-electron chi connectivity index (χ2n) is 5.78. The molecule has 1 aliphatic rings. The molecule has 1 saturated carbocycles. The Kier molecular flexibility index (Phi) is 3.48. The highest BCUT2D eigenvalue weighted by atomic mass is 16.6. The van der Waals surface area contributed by atoms with Crippen molar-refractivity contribution in [1.29, 1.82) is 0 Å². The fraction of sp³-hybridized carbons (Fsp3) is 0.571. The van der Waals surface area contributed by atoms with Gasteiger partial charge >= 0.3 is 5.82 Å². The third-order valence-electron chi connectivity index (χ3n) is 4.59. The molecule has 2 heterocycles. The zero-order valence-corrected chi connectivity index (χ0v) is 12.1. The van der Waals surface area contributed by atoms with Gasteiger partial charge in [0, 0.05) is 12.6 Å². The predicted molar refractivity (Wildman–Crippen MR) is 79.3 cm³/mol. The van der Waals surface area contributed by atoms with Crippen molar-refractivity contribution in [3.8, 4) is 0 Å². The standard InChI is InChI=1S/C14H19N5O2/c1-2-14(7-3-4-8-14)10-16-11-5-6-12-15-9-13(19(20)21)18(12)17-11/h5-6,9H,2-4,7-8,10H2,1H3,(H,16,17). The Morgan fingerprint density at radius 1 is 1.43 bits per heavy atom. The maximum atomic E-state index is 10.9. The quantitative estimate of drug-likeness (QED) is 0.675. The van der Waals surface area contributed by atoms with Crippen LogP contribution >= 0.6 is 0 Å². The first-order chi connectivity index (χ1) is 10.1. The third-order valence-corrected chi connectivity index (χ3v) is 4.59. The van der Waals surface area contributed by atoms with E-state index in [2.05, 4.69) is 22.3 Å². The van der Waals surface area contributed by atoms with Crippen LogP contribution in [-0.2, 0) is 0 Å². The number of aromatic nitrogens is 3. The minimum Gasteiger partial charge on any atom is -0.366 e. The van der Waals surface area contributed by atoms with Crippen molar-refractivity contribution in [3.63, 3.8) is 0 Å². The van der Waals surface area contributed by atoms with Crippen molar-refractivity contribution in [2.24, 2.45) is 5.41 Å². The first-order valence-corrected chi connectivity index (χ1v) is 7.37. The largest absolute Gasteiger partial charge is 0.368 e. The van der Waals surface area contributed by atoms with Crippen LogP contribution in [-0.4, -0.2) is 26.1 Å². The Morgan fingerprint density at radius 3 is 2.86 bits per heavy atom. The van der Waals surface area contributed by atoms with Crippen LogP contribution in [0.5, 0.6) is 0 Å². The van der Waals surface area contributed by atoms with Gasteiger partial charge in [0.05, 0.1) is 0 Å². The fourth-order valence-corrected chi connectivity index (χ4v) is 3.14. The zero-order valence-electron chi connectivity index (χ0n) is 12.1. The number of imidazole rings is 1. The van der Waals surface area contributed by atoms with Crippen LogP contribution < -0.4 is 5.32 Å². The van der Waals surface area contributed by atoms with Crippen LogP contribution in [0.2, 0.25) is 0 Å². The van der Waals surface area contributed by atoms with Crippen LogP contribution in [0.3, 0.4) is 0 Å². The molecule has 0 bridgehead atoms. The zero-order chi connectivity index (χ0) is 14.9. The summed E-state index contributed by atoms with van der Waals surface area (Å²) in [6, 6.07) is 3.57. The highest BCUT2D eigenvalue weighted by molar-refractivity contribution is 5.48. The summed E-state index contributed by atoms with van der Waals surface area (Å²) >= 11 is 0. The van der Waals surface area contributed by atoms with Gasteiger partial charge in [0.2, 0.25) is 5.65 Å². The summed E-state index contributed by atoms with van der Waals surface area (Å²) in [6.07, 6.45) is 7.43. The Labute approximate surface area is 122 Å². The van der Waals surface area contributed by atoms with Gasteiger partial charge in [-0.05, 0) is 35.7 Å². The monoisotopic (exact) mass is 289 g/mol. The summed E-state index contributed by atoms with van der Waals surface area (Å²) in [4.78, 5) is 14.4. The molecule has 3 rings (SSSR count). The molecule has 0 saturated heterocycles. The van der Waals surface area contributed by atoms with E-state index in [1.54, 1.807) is 6.07 Å². The van der Waals surface area contributed by atoms with Crippen LogP contribution in [0.25, 0.3) is 5.65 Å². The lowest BCUT2D eigenvalue weighted by Crippen LogP contribution is -2.26. The maximum absolute atomic E-state index is 10.9. The molecule has 0 amide bonds. The summed E-state index contributed by atoms with van der Waals surface area (Å²) in [6.45, 7) is 3.09. The van der Waals surface area contributed by atoms with Crippen LogP contribution in [0, 0.1) is 15.5 Å². The summed E-state index contributed by atoms with van der Waals surface area (Å²) in [5.41, 5.74) is 0.829. The maximum Gasteiger partial charge on any atom is 0.368 e. The highest BCUT2D eigenvalue weighted by Gasteiger charge is 2.31. The third kappa shape index (κ3) is 2.55. The van der Waals surface area contributed by atoms with Crippen molar-refractivity contribution in [3.05, 3.63) is 28.4 Å². The Balaban J connectivity index is 1.81. The van der Waals surface area contributed by atoms with Crippen LogP contribution in [0.1, 0.15) is 39.0 Å². The number of fused-ring (bicyclic) bond motifs is 1. The molecule has 0 spiro atoms. The SMILES string of the molecule is CCC1(CNc2ccc3ncc([N+](=O)[O-])n3n2)CCCC1. The van der Waals surface area contributed by atoms with E-state index >= 15 is 0 Å². The lowest BCUT2D eigenvalue weighted by Gasteiger charge is -2.27. The van der Waals surface area contributed by atoms with Crippen molar-refractivity contribution < 1.29 is 4.92 Å². The number of anilines is 1. The molecule has 1 N–H and O–H groups in total. The number of hydrogen-bond donors (Lipinski definition) is 1. The van der Waals surface area contributed by atoms with E-state index in [-0.39, 0.29) is 5.82 Å². The topological polar surface area (TPSA) is 85.4 Å². The number of hydrogen-bond acceptors (Lipinski definition) is 5. The van der Waals surface area contributed by atoms with Crippen molar-refractivity contribution in [1.82, 2.24) is 14.6 Å². The molecule has 2 aromatic rings. The van der Waals surface area contributed by atoms with Gasteiger partial charge in [-0.1, -0.05) is 29.4 Å². The molecule has 21 heavy (non-hydrogen) atoms. The molecular formula is C14H19N5O2. The first-order valence-electron chi connectivity index (χ1n) is 7.37. The van der Waals surface area contributed by atoms with Crippen molar-refractivity contribution in [2.75, 3.05) is 11.9 Å². The van der Waals surface area contributed by atoms with E-state index in [0.29, 0.717) is 16.9 Å². The van der Waals surface area contributed by atoms with Gasteiger partial charge in [-0.15, -0.1) is 0 Å². The van der Waals surface area contributed by atoms with Gasteiger partial charge in [0.15, 0.2) is 5.82 Å². The van der Waals surface area contributed by atoms with E-state index in [4.69, 9.17) is 0 Å². The minimum absolute atomic E-state index is 0.111. The van der Waals surface area contributed by atoms with E-state index in [1.807, 2.05) is 6.07 Å². The first kappa shape index (κ1) is 13.8. The molecule has 7 nitrogen and oxygen atoms in total. The summed E-state index contributed by atoms with van der Waals surface area (Å²) in [7, 11) is 0. The molecule has 0 aliphatic heterocycles. The smallest absolute Gasteiger partial charge is 0.366 e. The van der Waals surface area contributed by atoms with Gasteiger partial charge in [0.1, 0.15) is 6.20 Å². The highest BCUT2D eigenvalue weighted by Crippen LogP contribution is 2.40. The molecule has 112 valence electrons. The lowest BCUT2D eigenvalue weighted by molar-refractivity contribution is -0.391. The number of nitrogens with one attached hydrogen (secondary N) is 1. The van der Waals surface area contributed by atoms with Gasteiger partial charge < -0.3 is 15.4 Å². The number of nitro groups is 1. The fourth-order valence-electron chi connectivity index (χ4n) is 3.14. The normalized spacial score (nSPS) is 17.2. The van der Waals surface area contributed by atoms with Crippen LogP contribution in [0.15, 0.2) is 18.3 Å². The summed E-state index contributed by atoms with van der Waals surface area (Å²) < 4.78 is 1.27. The van der Waals surface area contributed by atoms with E-state index in [1.165, 1.54) is 36.4 Å². The molecule has 1 aliphatic carbocycles. The Hall–Kier alpha value is -2.18. The predicted octanol–water partition coefficient (Wildman–Crippen LogP) is 3.02. The van der Waals surface area contributed by atoms with E-state index < -0.39 is 4.92 Å². The average molecular weight is 289 g/mol. The van der Waals surface area contributed by atoms with Crippen molar-refractivity contribution in [2.45, 2.75) is 39.0 Å². The van der Waals surface area contributed by atoms with Crippen LogP contribution in [0.4, 0.5) is 11.6 Å². The van der Waals surface area contributed by atoms with Gasteiger partial charge in [-0.25, -0.2) is 4.98 Å². The molecule has 0 radical (unpaired) electrons.